The first-order valence-electron chi connectivity index (χ1n) is 8.68. The molecule has 2 amide bonds. The number of carbonyl (C=O) groups is 2. The Kier molecular flexibility index (Phi) is 5.41. The smallest absolute Gasteiger partial charge is 0.256 e. The number of hydrogen-bond donors (Lipinski definition) is 2. The molecule has 0 saturated carbocycles. The fraction of sp³-hybridized carbons (Fsp3) is 0.300. The van der Waals surface area contributed by atoms with E-state index in [0.717, 1.165) is 0 Å². The van der Waals surface area contributed by atoms with Crippen LogP contribution in [0.2, 0.25) is 0 Å². The van der Waals surface area contributed by atoms with Gasteiger partial charge in [-0.05, 0) is 48.4 Å². The van der Waals surface area contributed by atoms with Crippen LogP contribution in [0.4, 0.5) is 10.1 Å². The van der Waals surface area contributed by atoms with Crippen molar-refractivity contribution in [2.75, 3.05) is 18.5 Å². The lowest BCUT2D eigenvalue weighted by atomic mass is 10.0. The van der Waals surface area contributed by atoms with Crippen molar-refractivity contribution in [2.45, 2.75) is 19.9 Å². The molecule has 6 nitrogen and oxygen atoms in total. The van der Waals surface area contributed by atoms with Crippen LogP contribution in [0.5, 0.6) is 11.5 Å². The molecule has 2 N–H and O–H groups in total. The highest BCUT2D eigenvalue weighted by Gasteiger charge is 2.33. The molecule has 3 rings (SSSR count). The summed E-state index contributed by atoms with van der Waals surface area (Å²) in [5, 5.41) is 12.4. The van der Waals surface area contributed by atoms with Gasteiger partial charge in [0.05, 0.1) is 23.9 Å². The summed E-state index contributed by atoms with van der Waals surface area (Å²) in [5.74, 6) is -0.272. The Labute approximate surface area is 156 Å². The fourth-order valence-corrected chi connectivity index (χ4v) is 3.02. The minimum atomic E-state index is -0.476. The second-order valence-electron chi connectivity index (χ2n) is 6.74. The summed E-state index contributed by atoms with van der Waals surface area (Å²) >= 11 is 0. The Morgan fingerprint density at radius 1 is 1.15 bits per heavy atom. The summed E-state index contributed by atoms with van der Waals surface area (Å²) in [6.45, 7) is 3.39. The lowest BCUT2D eigenvalue weighted by Crippen LogP contribution is -2.47. The van der Waals surface area contributed by atoms with Crippen LogP contribution in [0, 0.1) is 11.7 Å². The average Bonchev–Trinajstić information content (AvgIpc) is 2.74. The van der Waals surface area contributed by atoms with E-state index in [0.29, 0.717) is 17.2 Å². The maximum Gasteiger partial charge on any atom is 0.256 e. The van der Waals surface area contributed by atoms with Crippen LogP contribution < -0.4 is 10.1 Å². The molecule has 2 aromatic rings. The number of aliphatic hydroxyl groups is 1. The van der Waals surface area contributed by atoms with Gasteiger partial charge in [0, 0.05) is 0 Å². The van der Waals surface area contributed by atoms with Crippen LogP contribution in [0.1, 0.15) is 24.2 Å². The number of fused-ring (bicyclic) bond motifs is 1. The minimum absolute atomic E-state index is 0.0213. The topological polar surface area (TPSA) is 78.9 Å². The number of rotatable bonds is 5. The van der Waals surface area contributed by atoms with E-state index in [9.17, 15) is 19.1 Å². The van der Waals surface area contributed by atoms with Crippen LogP contribution in [0.25, 0.3) is 0 Å². The molecule has 1 aliphatic heterocycles. The standard InChI is InChI=1S/C20H21FN2O4/c1-12(2)18(11-24)23-10-19(25)22-17-8-7-15(9-16(17)20(23)26)27-14-5-3-13(21)4-6-14/h3-9,12,18,24H,10-11H2,1-2H3,(H,22,25)/t18-/m0/s1. The van der Waals surface area contributed by atoms with E-state index in [2.05, 4.69) is 5.32 Å². The summed E-state index contributed by atoms with van der Waals surface area (Å²) < 4.78 is 18.7. The summed E-state index contributed by atoms with van der Waals surface area (Å²) in [4.78, 5) is 26.6. The minimum Gasteiger partial charge on any atom is -0.457 e. The van der Waals surface area contributed by atoms with Crippen LogP contribution in [-0.2, 0) is 4.79 Å². The van der Waals surface area contributed by atoms with Crippen molar-refractivity contribution in [2.24, 2.45) is 5.92 Å². The number of carbonyl (C=O) groups excluding carboxylic acids is 2. The van der Waals surface area contributed by atoms with Crippen molar-refractivity contribution in [1.82, 2.24) is 4.90 Å². The Morgan fingerprint density at radius 3 is 2.44 bits per heavy atom. The zero-order valence-corrected chi connectivity index (χ0v) is 15.1. The molecule has 0 saturated heterocycles. The Bertz CT molecular complexity index is 852. The molecule has 7 heteroatoms. The predicted molar refractivity (Wildman–Crippen MR) is 98.3 cm³/mol. The van der Waals surface area contributed by atoms with E-state index < -0.39 is 6.04 Å². The summed E-state index contributed by atoms with van der Waals surface area (Å²) in [7, 11) is 0. The van der Waals surface area contributed by atoms with Crippen LogP contribution in [0.15, 0.2) is 42.5 Å². The molecule has 142 valence electrons. The number of halogens is 1. The Hall–Kier alpha value is -2.93. The van der Waals surface area contributed by atoms with Gasteiger partial charge in [-0.25, -0.2) is 4.39 Å². The van der Waals surface area contributed by atoms with Gasteiger partial charge in [-0.15, -0.1) is 0 Å². The summed E-state index contributed by atoms with van der Waals surface area (Å²) in [5.41, 5.74) is 0.666. The number of nitrogens with one attached hydrogen (secondary N) is 1. The molecule has 27 heavy (non-hydrogen) atoms. The van der Waals surface area contributed by atoms with E-state index in [-0.39, 0.29) is 42.3 Å². The lowest BCUT2D eigenvalue weighted by Gasteiger charge is -2.31. The second-order valence-corrected chi connectivity index (χ2v) is 6.74. The zero-order valence-electron chi connectivity index (χ0n) is 15.1. The van der Waals surface area contributed by atoms with E-state index >= 15 is 0 Å². The maximum absolute atomic E-state index is 13.1. The van der Waals surface area contributed by atoms with Crippen LogP contribution >= 0.6 is 0 Å². The fourth-order valence-electron chi connectivity index (χ4n) is 3.02. The third-order valence-corrected chi connectivity index (χ3v) is 4.48. The van der Waals surface area contributed by atoms with E-state index in [1.807, 2.05) is 13.8 Å². The van der Waals surface area contributed by atoms with Gasteiger partial charge in [-0.3, -0.25) is 9.59 Å². The van der Waals surface area contributed by atoms with E-state index in [4.69, 9.17) is 4.74 Å². The van der Waals surface area contributed by atoms with Crippen molar-refractivity contribution in [3.8, 4) is 11.5 Å². The van der Waals surface area contributed by atoms with Gasteiger partial charge in [0.15, 0.2) is 0 Å². The molecule has 0 spiro atoms. The first-order chi connectivity index (χ1) is 12.9. The number of hydrogen-bond acceptors (Lipinski definition) is 4. The molecular formula is C20H21FN2O4. The number of nitrogens with zero attached hydrogens (tertiary/aromatic N) is 1. The first kappa shape index (κ1) is 18.8. The van der Waals surface area contributed by atoms with Crippen molar-refractivity contribution < 1.29 is 23.8 Å². The molecule has 1 atom stereocenters. The highest BCUT2D eigenvalue weighted by atomic mass is 19.1. The van der Waals surface area contributed by atoms with Crippen molar-refractivity contribution in [3.63, 3.8) is 0 Å². The predicted octanol–water partition coefficient (Wildman–Crippen LogP) is 3.03. The average molecular weight is 372 g/mol. The number of anilines is 1. The van der Waals surface area contributed by atoms with Crippen molar-refractivity contribution in [3.05, 3.63) is 53.8 Å². The van der Waals surface area contributed by atoms with Crippen LogP contribution in [0.3, 0.4) is 0 Å². The molecule has 1 heterocycles. The van der Waals surface area contributed by atoms with Gasteiger partial charge in [0.25, 0.3) is 5.91 Å². The van der Waals surface area contributed by atoms with Gasteiger partial charge in [-0.2, -0.15) is 0 Å². The van der Waals surface area contributed by atoms with E-state index in [1.54, 1.807) is 12.1 Å². The number of aliphatic hydroxyl groups excluding tert-OH is 1. The third kappa shape index (κ3) is 4.09. The quantitative estimate of drug-likeness (QED) is 0.846. The number of amides is 2. The summed E-state index contributed by atoms with van der Waals surface area (Å²) in [6.07, 6.45) is 0. The maximum atomic E-state index is 13.1. The highest BCUT2D eigenvalue weighted by molar-refractivity contribution is 6.08. The Morgan fingerprint density at radius 2 is 1.81 bits per heavy atom. The van der Waals surface area contributed by atoms with Gasteiger partial charge in [-0.1, -0.05) is 13.8 Å². The Balaban J connectivity index is 1.94. The molecule has 0 fully saturated rings. The molecule has 0 bridgehead atoms. The number of benzene rings is 2. The SMILES string of the molecule is CC(C)[C@H](CO)N1CC(=O)Nc2ccc(Oc3ccc(F)cc3)cc2C1=O. The largest absolute Gasteiger partial charge is 0.457 e. The zero-order chi connectivity index (χ0) is 19.6. The van der Waals surface area contributed by atoms with Gasteiger partial charge in [0.2, 0.25) is 5.91 Å². The molecule has 1 aliphatic rings. The normalized spacial score (nSPS) is 15.2. The third-order valence-electron chi connectivity index (χ3n) is 4.48. The first-order valence-corrected chi connectivity index (χ1v) is 8.68. The molecular weight excluding hydrogens is 351 g/mol. The summed E-state index contributed by atoms with van der Waals surface area (Å²) in [6, 6.07) is 9.80. The highest BCUT2D eigenvalue weighted by Crippen LogP contribution is 2.30. The van der Waals surface area contributed by atoms with Gasteiger partial charge < -0.3 is 20.1 Å². The number of ether oxygens (including phenoxy) is 1. The molecule has 0 radical (unpaired) electrons. The lowest BCUT2D eigenvalue weighted by molar-refractivity contribution is -0.117. The molecule has 0 aliphatic carbocycles. The van der Waals surface area contributed by atoms with Crippen LogP contribution in [-0.4, -0.2) is 41.0 Å². The molecule has 2 aromatic carbocycles. The van der Waals surface area contributed by atoms with E-state index in [1.165, 1.54) is 35.2 Å². The molecule has 0 unspecified atom stereocenters. The second kappa shape index (κ2) is 7.75. The van der Waals surface area contributed by atoms with Gasteiger partial charge >= 0.3 is 0 Å². The monoisotopic (exact) mass is 372 g/mol. The van der Waals surface area contributed by atoms with Gasteiger partial charge in [0.1, 0.15) is 23.9 Å². The van der Waals surface area contributed by atoms with Crippen molar-refractivity contribution in [1.29, 1.82) is 0 Å². The van der Waals surface area contributed by atoms with Crippen molar-refractivity contribution >= 4 is 17.5 Å². The molecule has 0 aromatic heterocycles.